The largest absolute Gasteiger partial charge is 0.481 e. The number of ether oxygens (including phenoxy) is 4. The highest BCUT2D eigenvalue weighted by molar-refractivity contribution is 5.84. The predicted octanol–water partition coefficient (Wildman–Crippen LogP) is 2.97. The van der Waals surface area contributed by atoms with Crippen LogP contribution in [0.3, 0.4) is 0 Å². The second-order valence-corrected chi connectivity index (χ2v) is 20.5. The number of aliphatic hydroxyl groups excluding tert-OH is 6. The van der Waals surface area contributed by atoms with Gasteiger partial charge in [-0.25, -0.2) is 0 Å². The lowest BCUT2D eigenvalue weighted by atomic mass is 9.33. The fourth-order valence-corrected chi connectivity index (χ4v) is 13.8. The Labute approximate surface area is 329 Å². The maximum atomic E-state index is 13.9. The molecule has 18 atom stereocenters. The molecular formula is C42H66O14. The van der Waals surface area contributed by atoms with Crippen LogP contribution >= 0.6 is 0 Å². The van der Waals surface area contributed by atoms with Crippen LogP contribution in [0.5, 0.6) is 0 Å². The van der Waals surface area contributed by atoms with Gasteiger partial charge in [-0.3, -0.25) is 9.59 Å². The Kier molecular flexibility index (Phi) is 10.8. The van der Waals surface area contributed by atoms with E-state index in [1.807, 2.05) is 0 Å². The van der Waals surface area contributed by atoms with Gasteiger partial charge in [-0.05, 0) is 111 Å². The molecule has 14 heteroatoms. The summed E-state index contributed by atoms with van der Waals surface area (Å²) < 4.78 is 24.0. The number of hydrogen-bond donors (Lipinski definition) is 8. The molecule has 7 aliphatic rings. The molecule has 8 N–H and O–H groups in total. The number of hydrogen-bond acceptors (Lipinski definition) is 12. The smallest absolute Gasteiger partial charge is 0.314 e. The third-order valence-corrected chi connectivity index (χ3v) is 17.0. The molecule has 14 nitrogen and oxygen atoms in total. The summed E-state index contributed by atoms with van der Waals surface area (Å²) in [5.41, 5.74) is -2.64. The number of rotatable bonds is 7. The topological polar surface area (TPSA) is 233 Å². The van der Waals surface area contributed by atoms with E-state index < -0.39 is 102 Å². The van der Waals surface area contributed by atoms with E-state index >= 15 is 0 Å². The molecule has 2 saturated heterocycles. The maximum Gasteiger partial charge on any atom is 0.314 e. The molecular weight excluding hydrogens is 728 g/mol. The van der Waals surface area contributed by atoms with Gasteiger partial charge in [-0.15, -0.1) is 0 Å². The molecule has 7 rings (SSSR count). The maximum absolute atomic E-state index is 13.9. The Balaban J connectivity index is 1.10. The molecule has 0 aromatic rings. The number of aliphatic hydroxyl groups is 6. The fraction of sp³-hybridized carbons (Fsp3) is 0.905. The molecule has 0 aromatic heterocycles. The highest BCUT2D eigenvalue weighted by Gasteiger charge is 2.73. The Hall–Kier alpha value is -1.72. The van der Waals surface area contributed by atoms with Crippen LogP contribution in [0, 0.1) is 50.2 Å². The summed E-state index contributed by atoms with van der Waals surface area (Å²) in [4.78, 5) is 27.0. The molecule has 318 valence electrons. The minimum absolute atomic E-state index is 0.0291. The average molecular weight is 795 g/mol. The van der Waals surface area contributed by atoms with Crippen molar-refractivity contribution in [3.63, 3.8) is 0 Å². The van der Waals surface area contributed by atoms with Crippen LogP contribution in [0.15, 0.2) is 11.6 Å². The molecule has 0 bridgehead atoms. The number of fused-ring (bicyclic) bond motifs is 7. The number of allylic oxidation sites excluding steroid dienone is 1. The molecule has 2 heterocycles. The van der Waals surface area contributed by atoms with Gasteiger partial charge in [-0.2, -0.15) is 0 Å². The normalized spacial score (nSPS) is 52.3. The summed E-state index contributed by atoms with van der Waals surface area (Å²) in [6.45, 7) is 14.1. The zero-order chi connectivity index (χ0) is 41.1. The van der Waals surface area contributed by atoms with E-state index in [1.54, 1.807) is 6.92 Å². The first-order chi connectivity index (χ1) is 26.0. The van der Waals surface area contributed by atoms with E-state index in [4.69, 9.17) is 18.9 Å². The Bertz CT molecular complexity index is 1560. The predicted molar refractivity (Wildman–Crippen MR) is 198 cm³/mol. The van der Waals surface area contributed by atoms with Gasteiger partial charge in [0.05, 0.1) is 29.6 Å². The van der Waals surface area contributed by atoms with Crippen molar-refractivity contribution in [1.29, 1.82) is 0 Å². The van der Waals surface area contributed by atoms with Crippen LogP contribution in [0.25, 0.3) is 0 Å². The van der Waals surface area contributed by atoms with Crippen molar-refractivity contribution in [2.24, 2.45) is 50.2 Å². The Morgan fingerprint density at radius 3 is 2.04 bits per heavy atom. The summed E-state index contributed by atoms with van der Waals surface area (Å²) >= 11 is 0. The molecule has 0 unspecified atom stereocenters. The quantitative estimate of drug-likeness (QED) is 0.137. The summed E-state index contributed by atoms with van der Waals surface area (Å²) in [7, 11) is 0. The monoisotopic (exact) mass is 794 g/mol. The van der Waals surface area contributed by atoms with Crippen molar-refractivity contribution in [3.8, 4) is 0 Å². The molecule has 6 fully saturated rings. The molecule has 0 amide bonds. The van der Waals surface area contributed by atoms with Gasteiger partial charge in [0.1, 0.15) is 42.7 Å². The number of carbonyl (C=O) groups is 2. The minimum Gasteiger partial charge on any atom is -0.481 e. The van der Waals surface area contributed by atoms with E-state index in [0.717, 1.165) is 24.8 Å². The lowest BCUT2D eigenvalue weighted by Gasteiger charge is -2.70. The van der Waals surface area contributed by atoms with E-state index in [-0.39, 0.29) is 34.7 Å². The third-order valence-electron chi connectivity index (χ3n) is 17.0. The number of carboxylic acids is 2. The first kappa shape index (κ1) is 42.4. The van der Waals surface area contributed by atoms with Crippen molar-refractivity contribution in [2.45, 2.75) is 180 Å². The van der Waals surface area contributed by atoms with Crippen molar-refractivity contribution in [1.82, 2.24) is 0 Å². The Morgan fingerprint density at radius 1 is 0.750 bits per heavy atom. The summed E-state index contributed by atoms with van der Waals surface area (Å²) in [6.07, 6.45) is -6.14. The number of carboxylic acid groups (broad SMARTS) is 2. The minimum atomic E-state index is -1.69. The van der Waals surface area contributed by atoms with Crippen LogP contribution in [-0.2, 0) is 28.5 Å². The SMILES string of the molecule is C[C@@H]1O[C@H](O[C@@H]2CC[C@@]3(C)[C@H](CC[C@]4(C)[C@@H]3CC=C3[C@H]5CC(C)(C)CC[C@@]5(C(=O)O)CC[C@@]34C(=O)O)C2(C)C)[C@H](O)[C@H](O)[C@H]1O[C@H]1O[C@@H](CO)[C@H](O)[C@@H](O)[C@@H]1O. The highest BCUT2D eigenvalue weighted by Crippen LogP contribution is 2.76. The molecule has 4 saturated carbocycles. The first-order valence-corrected chi connectivity index (χ1v) is 20.8. The first-order valence-electron chi connectivity index (χ1n) is 20.8. The van der Waals surface area contributed by atoms with Crippen molar-refractivity contribution >= 4 is 11.9 Å². The lowest BCUT2D eigenvalue weighted by Crippen LogP contribution is -2.68. The molecule has 5 aliphatic carbocycles. The Morgan fingerprint density at radius 2 is 1.39 bits per heavy atom. The van der Waals surface area contributed by atoms with Crippen LogP contribution in [-0.4, -0.2) is 127 Å². The van der Waals surface area contributed by atoms with Gasteiger partial charge in [0.25, 0.3) is 0 Å². The molecule has 0 aromatic carbocycles. The van der Waals surface area contributed by atoms with E-state index in [2.05, 4.69) is 47.6 Å². The highest BCUT2D eigenvalue weighted by atomic mass is 16.7. The fourth-order valence-electron chi connectivity index (χ4n) is 13.8. The molecule has 2 aliphatic heterocycles. The van der Waals surface area contributed by atoms with Crippen LogP contribution in [0.2, 0.25) is 0 Å². The van der Waals surface area contributed by atoms with E-state index in [9.17, 15) is 50.4 Å². The molecule has 56 heavy (non-hydrogen) atoms. The van der Waals surface area contributed by atoms with E-state index in [0.29, 0.717) is 44.9 Å². The summed E-state index contributed by atoms with van der Waals surface area (Å²) in [5.74, 6) is -1.80. The van der Waals surface area contributed by atoms with Gasteiger partial charge >= 0.3 is 11.9 Å². The standard InChI is InChI=1S/C42H66O14/c1-20-32(56-34-30(47)28(45)27(44)23(19-43)54-34)29(46)31(48)33(53-20)55-26-11-12-39(6)24(38(26,4)5)10-13-40(7)25(39)9-8-21-22-18-37(2,3)14-15-41(22,35(49)50)16-17-42(21,40)36(51)52/h8,20,22-34,43-48H,9-19H2,1-7H3,(H,49,50)(H,51,52)/t20-,22+,23-,24+,25+,26+,27-,28+,29-,30-,31+,32-,33+,34+,39-,40+,41+,42-/m0/s1. The van der Waals surface area contributed by atoms with E-state index in [1.165, 1.54) is 0 Å². The van der Waals surface area contributed by atoms with Crippen LogP contribution in [0.1, 0.15) is 113 Å². The van der Waals surface area contributed by atoms with Crippen molar-refractivity contribution in [2.75, 3.05) is 6.61 Å². The van der Waals surface area contributed by atoms with Gasteiger partial charge in [0.2, 0.25) is 0 Å². The van der Waals surface area contributed by atoms with Crippen molar-refractivity contribution in [3.05, 3.63) is 11.6 Å². The van der Waals surface area contributed by atoms with Crippen molar-refractivity contribution < 1.29 is 69.4 Å². The summed E-state index contributed by atoms with van der Waals surface area (Å²) in [5, 5.41) is 85.2. The molecule has 0 radical (unpaired) electrons. The number of aliphatic carboxylic acids is 2. The third kappa shape index (κ3) is 6.01. The second-order valence-electron chi connectivity index (χ2n) is 20.5. The van der Waals surface area contributed by atoms with Gasteiger partial charge < -0.3 is 59.8 Å². The average Bonchev–Trinajstić information content (AvgIpc) is 3.12. The van der Waals surface area contributed by atoms with Crippen LogP contribution < -0.4 is 0 Å². The summed E-state index contributed by atoms with van der Waals surface area (Å²) in [6, 6.07) is 0. The zero-order valence-corrected chi connectivity index (χ0v) is 34.0. The van der Waals surface area contributed by atoms with Gasteiger partial charge in [0, 0.05) is 0 Å². The molecule has 0 spiro atoms. The lowest BCUT2D eigenvalue weighted by molar-refractivity contribution is -0.364. The van der Waals surface area contributed by atoms with Crippen LogP contribution in [0.4, 0.5) is 0 Å². The zero-order valence-electron chi connectivity index (χ0n) is 34.0. The van der Waals surface area contributed by atoms with Gasteiger partial charge in [-0.1, -0.05) is 53.2 Å². The van der Waals surface area contributed by atoms with Gasteiger partial charge in [0.15, 0.2) is 12.6 Å². The second kappa shape index (κ2) is 14.2.